The summed E-state index contributed by atoms with van der Waals surface area (Å²) in [5.74, 6) is 0.0206. The van der Waals surface area contributed by atoms with Crippen molar-refractivity contribution in [3.63, 3.8) is 0 Å². The van der Waals surface area contributed by atoms with Gasteiger partial charge in [0.25, 0.3) is 0 Å². The van der Waals surface area contributed by atoms with E-state index in [1.807, 2.05) is 0 Å². The number of carbonyl (C=O) groups is 1. The molecule has 1 fully saturated rings. The van der Waals surface area contributed by atoms with E-state index in [0.717, 1.165) is 32.1 Å². The zero-order chi connectivity index (χ0) is 12.0. The molecule has 0 aromatic rings. The van der Waals surface area contributed by atoms with Crippen LogP contribution in [0.25, 0.3) is 0 Å². The third-order valence-electron chi connectivity index (χ3n) is 3.33. The van der Waals surface area contributed by atoms with E-state index in [1.54, 1.807) is 4.90 Å². The van der Waals surface area contributed by atoms with Gasteiger partial charge in [0.1, 0.15) is 0 Å². The molecule has 0 aromatic heterocycles. The third kappa shape index (κ3) is 3.46. The molecule has 0 aliphatic heterocycles. The Balaban J connectivity index is 2.45. The largest absolute Gasteiger partial charge is 0.395 e. The van der Waals surface area contributed by atoms with Gasteiger partial charge >= 0.3 is 0 Å². The first-order valence-corrected chi connectivity index (χ1v) is 6.37. The topological polar surface area (TPSA) is 66.6 Å². The van der Waals surface area contributed by atoms with Crippen LogP contribution in [0.3, 0.4) is 0 Å². The summed E-state index contributed by atoms with van der Waals surface area (Å²) in [6, 6.07) is -0.0561. The molecule has 94 valence electrons. The number of unbranched alkanes of at least 4 members (excludes halogenated alkanes) is 1. The Labute approximate surface area is 97.8 Å². The number of hydrogen-bond acceptors (Lipinski definition) is 3. The van der Waals surface area contributed by atoms with E-state index in [1.165, 1.54) is 6.42 Å². The minimum absolute atomic E-state index is 0.0206. The number of carbonyl (C=O) groups excluding carboxylic acids is 1. The van der Waals surface area contributed by atoms with Crippen LogP contribution in [0.15, 0.2) is 0 Å². The lowest BCUT2D eigenvalue weighted by molar-refractivity contribution is -0.137. The van der Waals surface area contributed by atoms with Gasteiger partial charge in [-0.2, -0.15) is 0 Å². The molecule has 0 saturated heterocycles. The van der Waals surface area contributed by atoms with Crippen molar-refractivity contribution in [3.05, 3.63) is 0 Å². The van der Waals surface area contributed by atoms with Crippen molar-refractivity contribution in [1.29, 1.82) is 0 Å². The monoisotopic (exact) mass is 228 g/mol. The summed E-state index contributed by atoms with van der Waals surface area (Å²) in [5, 5.41) is 8.98. The van der Waals surface area contributed by atoms with E-state index in [2.05, 4.69) is 6.92 Å². The Hall–Kier alpha value is -0.610. The summed E-state index contributed by atoms with van der Waals surface area (Å²) in [7, 11) is 0. The molecule has 4 nitrogen and oxygen atoms in total. The number of nitrogens with two attached hydrogens (primary N) is 1. The van der Waals surface area contributed by atoms with Gasteiger partial charge in [-0.25, -0.2) is 0 Å². The maximum absolute atomic E-state index is 12.1. The fraction of sp³-hybridized carbons (Fsp3) is 0.917. The van der Waals surface area contributed by atoms with Crippen LogP contribution in [0.1, 0.15) is 45.4 Å². The number of hydrogen-bond donors (Lipinski definition) is 2. The molecular weight excluding hydrogens is 204 g/mol. The van der Waals surface area contributed by atoms with Crippen LogP contribution in [0.2, 0.25) is 0 Å². The first kappa shape index (κ1) is 13.5. The molecule has 1 saturated carbocycles. The van der Waals surface area contributed by atoms with Crippen molar-refractivity contribution in [3.8, 4) is 0 Å². The molecule has 1 aliphatic carbocycles. The Morgan fingerprint density at radius 3 is 2.69 bits per heavy atom. The molecule has 0 bridgehead atoms. The number of amides is 1. The van der Waals surface area contributed by atoms with Crippen LogP contribution in [0.5, 0.6) is 0 Å². The van der Waals surface area contributed by atoms with Gasteiger partial charge in [0.15, 0.2) is 0 Å². The Morgan fingerprint density at radius 1 is 1.56 bits per heavy atom. The van der Waals surface area contributed by atoms with Crippen LogP contribution in [-0.4, -0.2) is 41.1 Å². The van der Waals surface area contributed by atoms with Gasteiger partial charge in [-0.3, -0.25) is 4.79 Å². The van der Waals surface area contributed by atoms with E-state index < -0.39 is 0 Å². The first-order chi connectivity index (χ1) is 7.70. The van der Waals surface area contributed by atoms with Crippen molar-refractivity contribution >= 4 is 5.91 Å². The fourth-order valence-corrected chi connectivity index (χ4v) is 2.04. The lowest BCUT2D eigenvalue weighted by Crippen LogP contribution is -2.51. The second kappa shape index (κ2) is 6.86. The molecule has 1 aliphatic rings. The minimum atomic E-state index is -0.382. The predicted octanol–water partition coefficient (Wildman–Crippen LogP) is 0.877. The van der Waals surface area contributed by atoms with Crippen molar-refractivity contribution in [2.45, 2.75) is 57.5 Å². The van der Waals surface area contributed by atoms with E-state index in [4.69, 9.17) is 10.8 Å². The zero-order valence-corrected chi connectivity index (χ0v) is 10.2. The summed E-state index contributed by atoms with van der Waals surface area (Å²) >= 11 is 0. The normalized spacial score (nSPS) is 17.9. The van der Waals surface area contributed by atoms with Crippen molar-refractivity contribution in [2.24, 2.45) is 5.73 Å². The number of rotatable bonds is 7. The Bertz CT molecular complexity index is 217. The number of nitrogens with zero attached hydrogens (tertiary/aromatic N) is 1. The smallest absolute Gasteiger partial charge is 0.239 e. The van der Waals surface area contributed by atoms with Crippen molar-refractivity contribution in [1.82, 2.24) is 4.90 Å². The lowest BCUT2D eigenvalue weighted by Gasteiger charge is -2.38. The molecular formula is C12H24N2O2. The lowest BCUT2D eigenvalue weighted by atomic mass is 9.90. The standard InChI is InChI=1S/C12H24N2O2/c1-2-3-7-11(13)12(16)14(8-9-15)10-5-4-6-10/h10-11,15H,2-9,13H2,1H3/t11-/m0/s1. The van der Waals surface area contributed by atoms with E-state index in [9.17, 15) is 4.79 Å². The van der Waals surface area contributed by atoms with Crippen LogP contribution < -0.4 is 5.73 Å². The zero-order valence-electron chi connectivity index (χ0n) is 10.2. The average Bonchev–Trinajstić information content (AvgIpc) is 2.21. The second-order valence-electron chi connectivity index (χ2n) is 4.59. The maximum atomic E-state index is 12.1. The molecule has 0 aromatic carbocycles. The van der Waals surface area contributed by atoms with Crippen LogP contribution in [0.4, 0.5) is 0 Å². The van der Waals surface area contributed by atoms with Crippen LogP contribution in [0, 0.1) is 0 Å². The second-order valence-corrected chi connectivity index (χ2v) is 4.59. The molecule has 4 heteroatoms. The van der Waals surface area contributed by atoms with Gasteiger partial charge in [0.05, 0.1) is 12.6 Å². The fourth-order valence-electron chi connectivity index (χ4n) is 2.04. The van der Waals surface area contributed by atoms with Crippen molar-refractivity contribution in [2.75, 3.05) is 13.2 Å². The highest BCUT2D eigenvalue weighted by molar-refractivity contribution is 5.82. The summed E-state index contributed by atoms with van der Waals surface area (Å²) in [5.41, 5.74) is 5.88. The van der Waals surface area contributed by atoms with Crippen molar-refractivity contribution < 1.29 is 9.90 Å². The minimum Gasteiger partial charge on any atom is -0.395 e. The highest BCUT2D eigenvalue weighted by Gasteiger charge is 2.30. The molecule has 0 heterocycles. The highest BCUT2D eigenvalue weighted by Crippen LogP contribution is 2.25. The van der Waals surface area contributed by atoms with Gasteiger partial charge in [0.2, 0.25) is 5.91 Å². The summed E-state index contributed by atoms with van der Waals surface area (Å²) < 4.78 is 0. The Morgan fingerprint density at radius 2 is 2.25 bits per heavy atom. The number of aliphatic hydroxyl groups excluding tert-OH is 1. The predicted molar refractivity (Wildman–Crippen MR) is 63.9 cm³/mol. The quantitative estimate of drug-likeness (QED) is 0.679. The van der Waals surface area contributed by atoms with E-state index in [-0.39, 0.29) is 18.6 Å². The molecule has 1 rings (SSSR count). The summed E-state index contributed by atoms with van der Waals surface area (Å²) in [4.78, 5) is 13.8. The van der Waals surface area contributed by atoms with Gasteiger partial charge in [-0.15, -0.1) is 0 Å². The molecule has 3 N–H and O–H groups in total. The Kier molecular flexibility index (Phi) is 5.77. The SMILES string of the molecule is CCCC[C@H](N)C(=O)N(CCO)C1CCC1. The number of aliphatic hydroxyl groups is 1. The molecule has 16 heavy (non-hydrogen) atoms. The average molecular weight is 228 g/mol. The van der Waals surface area contributed by atoms with Gasteiger partial charge < -0.3 is 15.7 Å². The van der Waals surface area contributed by atoms with Gasteiger partial charge in [-0.05, 0) is 25.7 Å². The molecule has 0 spiro atoms. The molecule has 0 unspecified atom stereocenters. The summed E-state index contributed by atoms with van der Waals surface area (Å²) in [6.45, 7) is 2.56. The van der Waals surface area contributed by atoms with Gasteiger partial charge in [-0.1, -0.05) is 19.8 Å². The summed E-state index contributed by atoms with van der Waals surface area (Å²) in [6.07, 6.45) is 6.11. The third-order valence-corrected chi connectivity index (χ3v) is 3.33. The maximum Gasteiger partial charge on any atom is 0.239 e. The molecule has 1 atom stereocenters. The van der Waals surface area contributed by atoms with E-state index in [0.29, 0.717) is 12.6 Å². The van der Waals surface area contributed by atoms with E-state index >= 15 is 0 Å². The highest BCUT2D eigenvalue weighted by atomic mass is 16.3. The van der Waals surface area contributed by atoms with Gasteiger partial charge in [0, 0.05) is 12.6 Å². The molecule has 0 radical (unpaired) electrons. The molecule has 1 amide bonds. The van der Waals surface area contributed by atoms with Crippen LogP contribution in [-0.2, 0) is 4.79 Å². The van der Waals surface area contributed by atoms with Crippen LogP contribution >= 0.6 is 0 Å². The first-order valence-electron chi connectivity index (χ1n) is 6.37.